The molecular weight excluding hydrogens is 725 g/mol. The number of aryl methyl sites for hydroxylation is 3. The number of unbranched alkanes of at least 4 members (excludes halogenated alkanes) is 5. The van der Waals surface area contributed by atoms with E-state index in [2.05, 4.69) is 121 Å². The summed E-state index contributed by atoms with van der Waals surface area (Å²) in [4.78, 5) is 12.9. The van der Waals surface area contributed by atoms with Gasteiger partial charge in [-0.3, -0.25) is 5.32 Å². The second kappa shape index (κ2) is 18.4. The van der Waals surface area contributed by atoms with Crippen molar-refractivity contribution >= 4 is 79.7 Å². The van der Waals surface area contributed by atoms with E-state index in [0.29, 0.717) is 0 Å². The average Bonchev–Trinajstić information content (AvgIpc) is 3.19. The van der Waals surface area contributed by atoms with Gasteiger partial charge in [-0.15, -0.1) is 28.1 Å². The van der Waals surface area contributed by atoms with Crippen molar-refractivity contribution in [2.45, 2.75) is 77.5 Å². The van der Waals surface area contributed by atoms with Crippen molar-refractivity contribution in [1.82, 2.24) is 4.98 Å². The van der Waals surface area contributed by atoms with Crippen LogP contribution in [0.5, 0.6) is 0 Å². The fraction of sp³-hybridized carbons (Fsp3) is 0.271. The monoisotopic (exact) mass is 778 g/mol. The number of hydrogen-bond acceptors (Lipinski definition) is 6. The van der Waals surface area contributed by atoms with Crippen LogP contribution in [0.4, 0.5) is 28.4 Å². The molecule has 0 saturated carbocycles. The van der Waals surface area contributed by atoms with Crippen molar-refractivity contribution in [2.75, 3.05) is 23.0 Å². The van der Waals surface area contributed by atoms with Gasteiger partial charge >= 0.3 is 0 Å². The molecule has 7 rings (SSSR count). The van der Waals surface area contributed by atoms with Gasteiger partial charge in [-0.1, -0.05) is 68.2 Å². The third-order valence-electron chi connectivity index (χ3n) is 10.5. The van der Waals surface area contributed by atoms with Crippen LogP contribution in [-0.4, -0.2) is 22.2 Å². The molecule has 0 radical (unpaired) electrons. The molecule has 6 N–H and O–H groups in total. The molecule has 286 valence electrons. The molecule has 0 bridgehead atoms. The molecule has 56 heavy (non-hydrogen) atoms. The number of nitrogens with zero attached hydrogens (tertiary/aromatic N) is 3. The molecule has 0 saturated heterocycles. The van der Waals surface area contributed by atoms with Gasteiger partial charge in [0.25, 0.3) is 0 Å². The summed E-state index contributed by atoms with van der Waals surface area (Å²) >= 11 is 3.97. The minimum atomic E-state index is 0.788. The molecule has 6 aromatic rings. The highest BCUT2D eigenvalue weighted by molar-refractivity contribution is 8.03. The summed E-state index contributed by atoms with van der Waals surface area (Å²) in [5.74, 6) is 2.28. The van der Waals surface area contributed by atoms with Crippen LogP contribution in [0.15, 0.2) is 130 Å². The molecule has 0 fully saturated rings. The highest BCUT2D eigenvalue weighted by atomic mass is 32.2. The van der Waals surface area contributed by atoms with Gasteiger partial charge in [0.05, 0.1) is 0 Å². The molecular formula is C48H54N6S2+2. The van der Waals surface area contributed by atoms with Crippen molar-refractivity contribution in [3.05, 3.63) is 136 Å². The van der Waals surface area contributed by atoms with E-state index < -0.39 is 0 Å². The number of thioether (sulfide) groups is 2. The number of benzene rings is 5. The SMILES string of the molecule is CC1=CC(=Nc2cc(C)c(N)cc2[NH2+]c2ccccc2)CC=C1SCCCCCCCCSc1cc2c(cc1C)nc1cc(C)c(N)cc1[n+]2-c1ccccc1. The summed E-state index contributed by atoms with van der Waals surface area (Å²) in [7, 11) is 0. The molecule has 1 aromatic heterocycles. The number of nitrogens with two attached hydrogens (primary N) is 3. The second-order valence-corrected chi connectivity index (χ2v) is 17.2. The number of rotatable bonds is 15. The Balaban J connectivity index is 0.863. The van der Waals surface area contributed by atoms with Crippen molar-refractivity contribution in [3.63, 3.8) is 0 Å². The van der Waals surface area contributed by atoms with Gasteiger partial charge in [0.1, 0.15) is 22.4 Å². The van der Waals surface area contributed by atoms with Gasteiger partial charge in [-0.25, -0.2) is 9.98 Å². The van der Waals surface area contributed by atoms with E-state index in [4.69, 9.17) is 21.4 Å². The lowest BCUT2D eigenvalue weighted by Gasteiger charge is -2.15. The molecule has 0 spiro atoms. The third-order valence-corrected chi connectivity index (χ3v) is 13.0. The number of aliphatic imine (C=N–C) groups is 1. The third kappa shape index (κ3) is 9.55. The lowest BCUT2D eigenvalue weighted by molar-refractivity contribution is -0.538. The van der Waals surface area contributed by atoms with Gasteiger partial charge in [0.2, 0.25) is 16.7 Å². The number of fused-ring (bicyclic) bond motifs is 2. The van der Waals surface area contributed by atoms with Crippen molar-refractivity contribution in [1.29, 1.82) is 0 Å². The first kappa shape index (κ1) is 39.3. The highest BCUT2D eigenvalue weighted by Gasteiger charge is 2.22. The van der Waals surface area contributed by atoms with E-state index in [1.54, 1.807) is 0 Å². The fourth-order valence-corrected chi connectivity index (χ4v) is 9.36. The first-order valence-electron chi connectivity index (χ1n) is 19.9. The maximum Gasteiger partial charge on any atom is 0.239 e. The normalized spacial score (nSPS) is 13.8. The van der Waals surface area contributed by atoms with Crippen LogP contribution < -0.4 is 21.4 Å². The lowest BCUT2D eigenvalue weighted by Crippen LogP contribution is -2.71. The van der Waals surface area contributed by atoms with Crippen LogP contribution in [0.1, 0.15) is 68.6 Å². The van der Waals surface area contributed by atoms with Gasteiger partial charge in [0, 0.05) is 63.6 Å². The smallest absolute Gasteiger partial charge is 0.239 e. The van der Waals surface area contributed by atoms with Gasteiger partial charge in [0.15, 0.2) is 5.69 Å². The molecule has 0 aliphatic heterocycles. The summed E-state index contributed by atoms with van der Waals surface area (Å²) in [5.41, 5.74) is 28.4. The number of para-hydroxylation sites is 2. The Morgan fingerprint density at radius 1 is 0.679 bits per heavy atom. The molecule has 1 aliphatic carbocycles. The first-order valence-corrected chi connectivity index (χ1v) is 21.8. The van der Waals surface area contributed by atoms with Gasteiger partial charge in [-0.05, 0) is 111 Å². The molecule has 6 nitrogen and oxygen atoms in total. The number of hydrogen-bond donors (Lipinski definition) is 3. The zero-order valence-corrected chi connectivity index (χ0v) is 34.8. The van der Waals surface area contributed by atoms with Crippen LogP contribution in [0.3, 0.4) is 0 Å². The molecule has 1 heterocycles. The maximum absolute atomic E-state index is 6.40. The number of quaternary nitrogens is 1. The van der Waals surface area contributed by atoms with Crippen LogP contribution >= 0.6 is 23.5 Å². The van der Waals surface area contributed by atoms with E-state index >= 15 is 0 Å². The largest absolute Gasteiger partial charge is 0.398 e. The second-order valence-electron chi connectivity index (χ2n) is 14.9. The minimum absolute atomic E-state index is 0.788. The van der Waals surface area contributed by atoms with Crippen LogP contribution in [0.25, 0.3) is 27.8 Å². The van der Waals surface area contributed by atoms with E-state index in [-0.39, 0.29) is 0 Å². The maximum atomic E-state index is 6.40. The minimum Gasteiger partial charge on any atom is -0.398 e. The van der Waals surface area contributed by atoms with Gasteiger partial charge in [-0.2, -0.15) is 0 Å². The summed E-state index contributed by atoms with van der Waals surface area (Å²) in [6.45, 7) is 8.52. The van der Waals surface area contributed by atoms with E-state index in [9.17, 15) is 0 Å². The number of allylic oxidation sites excluding steroid dienone is 3. The molecule has 1 aliphatic rings. The van der Waals surface area contributed by atoms with E-state index in [1.165, 1.54) is 59.5 Å². The molecule has 8 heteroatoms. The quantitative estimate of drug-likeness (QED) is 0.0317. The van der Waals surface area contributed by atoms with E-state index in [1.807, 2.05) is 49.5 Å². The van der Waals surface area contributed by atoms with Crippen molar-refractivity contribution in [2.24, 2.45) is 4.99 Å². The lowest BCUT2D eigenvalue weighted by atomic mass is 10.1. The number of aromatic nitrogens is 2. The fourth-order valence-electron chi connectivity index (χ4n) is 7.25. The van der Waals surface area contributed by atoms with Crippen molar-refractivity contribution < 1.29 is 9.88 Å². The molecule has 0 amide bonds. The number of anilines is 2. The topological polar surface area (TPSA) is 97.8 Å². The number of nitrogen functional groups attached to an aromatic ring is 2. The summed E-state index contributed by atoms with van der Waals surface area (Å²) < 4.78 is 2.31. The predicted octanol–water partition coefficient (Wildman–Crippen LogP) is 11.5. The average molecular weight is 779 g/mol. The molecule has 0 atom stereocenters. The van der Waals surface area contributed by atoms with E-state index in [0.717, 1.165) is 91.0 Å². The standard InChI is InChI=1S/C48H52N6S2/c1-32-26-41(42(29-39(32)49)51-36-17-11-9-12-18-36)52-37-21-22-47(34(3)25-37)55-23-15-7-5-6-8-16-24-56-48-31-46-44(28-35(48)4)53-43-27-33(2)40(50)30-45(43)54(46)38-19-13-10-14-20-38/h9-14,17-20,22,25-31,50-51H,5-8,15-16,21,23-24,49H2,1-4H3/p+2. The highest BCUT2D eigenvalue weighted by Crippen LogP contribution is 2.33. The Hall–Kier alpha value is -4.89. The summed E-state index contributed by atoms with van der Waals surface area (Å²) in [5, 5.41) is 2.16. The molecule has 5 aromatic carbocycles. The van der Waals surface area contributed by atoms with Crippen LogP contribution in [-0.2, 0) is 0 Å². The first-order chi connectivity index (χ1) is 27.2. The van der Waals surface area contributed by atoms with Crippen LogP contribution in [0.2, 0.25) is 0 Å². The summed E-state index contributed by atoms with van der Waals surface area (Å²) in [6.07, 6.45) is 13.1. The Labute approximate surface area is 340 Å². The summed E-state index contributed by atoms with van der Waals surface area (Å²) in [6, 6.07) is 33.8. The Morgan fingerprint density at radius 2 is 1.29 bits per heavy atom. The predicted molar refractivity (Wildman–Crippen MR) is 242 cm³/mol. The van der Waals surface area contributed by atoms with Crippen LogP contribution in [0, 0.1) is 20.8 Å². The zero-order valence-electron chi connectivity index (χ0n) is 33.1. The molecule has 0 unspecified atom stereocenters. The van der Waals surface area contributed by atoms with Crippen molar-refractivity contribution in [3.8, 4) is 5.69 Å². The Bertz CT molecular complexity index is 2440. The Kier molecular flexibility index (Phi) is 12.9. The van der Waals surface area contributed by atoms with Gasteiger partial charge < -0.3 is 11.5 Å². The Morgan fingerprint density at radius 3 is 2.00 bits per heavy atom. The zero-order chi connectivity index (χ0) is 39.0.